The Balaban J connectivity index is 1.47. The number of nitrogens with zero attached hydrogens (tertiary/aromatic N) is 2. The number of H-pyrrole nitrogens is 1. The van der Waals surface area contributed by atoms with Crippen LogP contribution in [0.2, 0.25) is 0 Å². The second-order valence-corrected chi connectivity index (χ2v) is 8.01. The van der Waals surface area contributed by atoms with Crippen molar-refractivity contribution in [3.8, 4) is 0 Å². The maximum absolute atomic E-state index is 12.9. The van der Waals surface area contributed by atoms with Crippen LogP contribution < -0.4 is 5.32 Å². The molecular formula is C23H34N4O2. The van der Waals surface area contributed by atoms with Crippen LogP contribution in [-0.2, 0) is 4.79 Å². The molecule has 1 saturated heterocycles. The lowest BCUT2D eigenvalue weighted by molar-refractivity contribution is -0.126. The van der Waals surface area contributed by atoms with Crippen LogP contribution in [0.25, 0.3) is 10.9 Å². The fourth-order valence-electron chi connectivity index (χ4n) is 4.21. The minimum absolute atomic E-state index is 0.0166. The first-order chi connectivity index (χ1) is 14.0. The van der Waals surface area contributed by atoms with E-state index in [0.717, 1.165) is 43.4 Å². The highest BCUT2D eigenvalue weighted by molar-refractivity contribution is 5.98. The predicted molar refractivity (Wildman–Crippen MR) is 117 cm³/mol. The molecule has 0 bridgehead atoms. The van der Waals surface area contributed by atoms with Crippen molar-refractivity contribution in [2.24, 2.45) is 11.8 Å². The molecule has 6 nitrogen and oxygen atoms in total. The van der Waals surface area contributed by atoms with Crippen LogP contribution in [0.1, 0.15) is 44.1 Å². The molecule has 1 fully saturated rings. The van der Waals surface area contributed by atoms with Gasteiger partial charge in [-0.1, -0.05) is 39.0 Å². The summed E-state index contributed by atoms with van der Waals surface area (Å²) >= 11 is 0. The van der Waals surface area contributed by atoms with Gasteiger partial charge in [0.2, 0.25) is 5.91 Å². The van der Waals surface area contributed by atoms with Crippen LogP contribution in [0.5, 0.6) is 0 Å². The van der Waals surface area contributed by atoms with Crippen LogP contribution in [0.4, 0.5) is 0 Å². The van der Waals surface area contributed by atoms with Gasteiger partial charge < -0.3 is 20.1 Å². The van der Waals surface area contributed by atoms with Gasteiger partial charge in [0, 0.05) is 43.0 Å². The molecular weight excluding hydrogens is 364 g/mol. The van der Waals surface area contributed by atoms with Crippen LogP contribution in [-0.4, -0.2) is 65.9 Å². The molecule has 2 aromatic rings. The highest BCUT2D eigenvalue weighted by Crippen LogP contribution is 2.26. The normalized spacial score (nSPS) is 16.3. The topological polar surface area (TPSA) is 68.4 Å². The molecule has 3 rings (SSSR count). The third-order valence-electron chi connectivity index (χ3n) is 6.33. The highest BCUT2D eigenvalue weighted by atomic mass is 16.2. The maximum Gasteiger partial charge on any atom is 0.270 e. The van der Waals surface area contributed by atoms with Gasteiger partial charge in [-0.15, -0.1) is 0 Å². The zero-order chi connectivity index (χ0) is 20.8. The Morgan fingerprint density at radius 3 is 2.55 bits per heavy atom. The largest absolute Gasteiger partial charge is 0.355 e. The Morgan fingerprint density at radius 1 is 1.21 bits per heavy atom. The summed E-state index contributed by atoms with van der Waals surface area (Å²) in [5.74, 6) is 0.501. The fraction of sp³-hybridized carbons (Fsp3) is 0.565. The molecule has 0 saturated carbocycles. The third kappa shape index (κ3) is 5.18. The lowest BCUT2D eigenvalue weighted by atomic mass is 9.84. The molecule has 1 unspecified atom stereocenters. The van der Waals surface area contributed by atoms with Crippen molar-refractivity contribution < 1.29 is 9.59 Å². The van der Waals surface area contributed by atoms with E-state index in [1.54, 1.807) is 0 Å². The maximum atomic E-state index is 12.9. The number of rotatable bonds is 8. The van der Waals surface area contributed by atoms with Crippen molar-refractivity contribution in [1.82, 2.24) is 20.1 Å². The van der Waals surface area contributed by atoms with Gasteiger partial charge in [0.1, 0.15) is 5.69 Å². The van der Waals surface area contributed by atoms with Gasteiger partial charge in [0.25, 0.3) is 5.91 Å². The van der Waals surface area contributed by atoms with Crippen molar-refractivity contribution in [2.75, 3.05) is 39.3 Å². The second kappa shape index (κ2) is 9.92. The Kier molecular flexibility index (Phi) is 7.31. The van der Waals surface area contributed by atoms with Crippen molar-refractivity contribution in [2.45, 2.75) is 33.6 Å². The van der Waals surface area contributed by atoms with Crippen molar-refractivity contribution >= 4 is 22.7 Å². The number of amides is 2. The number of hydrogen-bond acceptors (Lipinski definition) is 3. The quantitative estimate of drug-likeness (QED) is 0.718. The molecule has 29 heavy (non-hydrogen) atoms. The number of likely N-dealkylation sites (N-methyl/N-ethyl adjacent to an activating group) is 1. The first-order valence-corrected chi connectivity index (χ1v) is 10.9. The number of hydrogen-bond donors (Lipinski definition) is 2. The van der Waals surface area contributed by atoms with Crippen LogP contribution in [0.15, 0.2) is 30.3 Å². The molecule has 0 spiro atoms. The summed E-state index contributed by atoms with van der Waals surface area (Å²) in [6.45, 7) is 11.3. The number of fused-ring (bicyclic) bond motifs is 1. The minimum atomic E-state index is -0.0166. The number of aromatic nitrogens is 1. The number of likely N-dealkylation sites (tertiary alicyclic amines) is 1. The van der Waals surface area contributed by atoms with Crippen molar-refractivity contribution in [3.63, 3.8) is 0 Å². The molecule has 0 radical (unpaired) electrons. The average Bonchev–Trinajstić information content (AvgIpc) is 3.20. The number of benzene rings is 1. The molecule has 1 aliphatic rings. The first-order valence-electron chi connectivity index (χ1n) is 10.9. The van der Waals surface area contributed by atoms with Gasteiger partial charge in [-0.05, 0) is 44.0 Å². The monoisotopic (exact) mass is 398 g/mol. The van der Waals surface area contributed by atoms with Gasteiger partial charge >= 0.3 is 0 Å². The molecule has 1 aliphatic heterocycles. The SMILES string of the molecule is CCN(CC)CCNC(=O)C(C)C1CCN(C(=O)c2cc3ccccc3[nH]2)CC1. The zero-order valence-electron chi connectivity index (χ0n) is 17.9. The summed E-state index contributed by atoms with van der Waals surface area (Å²) in [5.41, 5.74) is 1.63. The van der Waals surface area contributed by atoms with E-state index >= 15 is 0 Å². The third-order valence-corrected chi connectivity index (χ3v) is 6.33. The van der Waals surface area contributed by atoms with E-state index < -0.39 is 0 Å². The fourth-order valence-corrected chi connectivity index (χ4v) is 4.21. The standard InChI is InChI=1S/C23H34N4O2/c1-4-26(5-2)15-12-24-22(28)17(3)18-10-13-27(14-11-18)23(29)21-16-19-8-6-7-9-20(19)25-21/h6-9,16-18,25H,4-5,10-15H2,1-3H3,(H,24,28). The molecule has 2 N–H and O–H groups in total. The predicted octanol–water partition coefficient (Wildman–Crippen LogP) is 3.11. The van der Waals surface area contributed by atoms with Gasteiger partial charge in [-0.2, -0.15) is 0 Å². The molecule has 0 aliphatic carbocycles. The number of para-hydroxylation sites is 1. The average molecular weight is 399 g/mol. The molecule has 2 heterocycles. The van der Waals surface area contributed by atoms with Crippen molar-refractivity contribution in [1.29, 1.82) is 0 Å². The minimum Gasteiger partial charge on any atom is -0.355 e. The number of nitrogens with one attached hydrogen (secondary N) is 2. The van der Waals surface area contributed by atoms with E-state index in [4.69, 9.17) is 0 Å². The molecule has 6 heteroatoms. The molecule has 2 amide bonds. The summed E-state index contributed by atoms with van der Waals surface area (Å²) in [7, 11) is 0. The Bertz CT molecular complexity index is 786. The number of aromatic amines is 1. The van der Waals surface area contributed by atoms with Gasteiger partial charge in [-0.3, -0.25) is 9.59 Å². The van der Waals surface area contributed by atoms with Crippen LogP contribution in [0, 0.1) is 11.8 Å². The summed E-state index contributed by atoms with van der Waals surface area (Å²) in [6.07, 6.45) is 1.74. The van der Waals surface area contributed by atoms with E-state index in [1.807, 2.05) is 42.2 Å². The van der Waals surface area contributed by atoms with E-state index in [9.17, 15) is 9.59 Å². The lowest BCUT2D eigenvalue weighted by Gasteiger charge is -2.34. The lowest BCUT2D eigenvalue weighted by Crippen LogP contribution is -2.43. The van der Waals surface area contributed by atoms with E-state index in [-0.39, 0.29) is 17.7 Å². The highest BCUT2D eigenvalue weighted by Gasteiger charge is 2.30. The Morgan fingerprint density at radius 2 is 1.90 bits per heavy atom. The smallest absolute Gasteiger partial charge is 0.270 e. The molecule has 158 valence electrons. The second-order valence-electron chi connectivity index (χ2n) is 8.01. The first kappa shape index (κ1) is 21.4. The molecule has 1 atom stereocenters. The van der Waals surface area contributed by atoms with Crippen LogP contribution >= 0.6 is 0 Å². The number of carbonyl (C=O) groups is 2. The Hall–Kier alpha value is -2.34. The Labute approximate surface area is 173 Å². The van der Waals surface area contributed by atoms with E-state index in [1.165, 1.54) is 0 Å². The summed E-state index contributed by atoms with van der Waals surface area (Å²) in [6, 6.07) is 9.86. The van der Waals surface area contributed by atoms with Crippen LogP contribution in [0.3, 0.4) is 0 Å². The van der Waals surface area contributed by atoms with Crippen molar-refractivity contribution in [3.05, 3.63) is 36.0 Å². The van der Waals surface area contributed by atoms with Gasteiger partial charge in [0.15, 0.2) is 0 Å². The number of piperidine rings is 1. The summed E-state index contributed by atoms with van der Waals surface area (Å²) in [5, 5.41) is 4.14. The van der Waals surface area contributed by atoms with Gasteiger partial charge in [-0.25, -0.2) is 0 Å². The summed E-state index contributed by atoms with van der Waals surface area (Å²) in [4.78, 5) is 32.8. The van der Waals surface area contributed by atoms with Gasteiger partial charge in [0.05, 0.1) is 0 Å². The molecule has 1 aromatic heterocycles. The molecule has 1 aromatic carbocycles. The summed E-state index contributed by atoms with van der Waals surface area (Å²) < 4.78 is 0. The van der Waals surface area contributed by atoms with E-state index in [0.29, 0.717) is 31.2 Å². The number of carbonyl (C=O) groups excluding carboxylic acids is 2. The van der Waals surface area contributed by atoms with E-state index in [2.05, 4.69) is 29.0 Å². The zero-order valence-corrected chi connectivity index (χ0v) is 17.9.